The van der Waals surface area contributed by atoms with Gasteiger partial charge < -0.3 is 9.47 Å². The van der Waals surface area contributed by atoms with Crippen molar-refractivity contribution in [3.8, 4) is 0 Å². The Labute approximate surface area is 83.6 Å². The van der Waals surface area contributed by atoms with Crippen molar-refractivity contribution in [2.45, 2.75) is 19.6 Å². The molecule has 0 saturated carbocycles. The van der Waals surface area contributed by atoms with Gasteiger partial charge in [0, 0.05) is 0 Å². The smallest absolute Gasteiger partial charge is 0.295 e. The number of rotatable bonds is 6. The molecule has 3 heteroatoms. The van der Waals surface area contributed by atoms with Gasteiger partial charge in [-0.1, -0.05) is 30.3 Å². The minimum Gasteiger partial charge on any atom is -0.438 e. The van der Waals surface area contributed by atoms with Crippen molar-refractivity contribution in [3.63, 3.8) is 0 Å². The van der Waals surface area contributed by atoms with Gasteiger partial charge in [-0.2, -0.15) is 0 Å². The molecular formula is C11H14O3. The number of carbonyl (C=O) groups is 1. The van der Waals surface area contributed by atoms with Crippen LogP contribution >= 0.6 is 0 Å². The quantitative estimate of drug-likeness (QED) is 0.511. The van der Waals surface area contributed by atoms with Crippen molar-refractivity contribution in [1.29, 1.82) is 0 Å². The third-order valence-electron chi connectivity index (χ3n) is 1.83. The Hall–Kier alpha value is -1.35. The first kappa shape index (κ1) is 10.7. The first-order valence-corrected chi connectivity index (χ1v) is 4.57. The van der Waals surface area contributed by atoms with Crippen molar-refractivity contribution in [1.82, 2.24) is 0 Å². The molecule has 1 aromatic rings. The summed E-state index contributed by atoms with van der Waals surface area (Å²) in [5, 5.41) is 0. The molecular weight excluding hydrogens is 180 g/mol. The Morgan fingerprint density at radius 3 is 2.71 bits per heavy atom. The van der Waals surface area contributed by atoms with Gasteiger partial charge in [-0.05, 0) is 18.9 Å². The van der Waals surface area contributed by atoms with Crippen LogP contribution in [0.5, 0.6) is 0 Å². The zero-order valence-corrected chi connectivity index (χ0v) is 8.18. The zero-order valence-electron chi connectivity index (χ0n) is 8.18. The lowest BCUT2D eigenvalue weighted by molar-refractivity contribution is -0.159. The predicted octanol–water partition coefficient (Wildman–Crippen LogP) is 1.76. The Morgan fingerprint density at radius 1 is 1.36 bits per heavy atom. The van der Waals surface area contributed by atoms with Gasteiger partial charge in [-0.25, -0.2) is 0 Å². The summed E-state index contributed by atoms with van der Waals surface area (Å²) < 4.78 is 9.81. The number of hydrogen-bond donors (Lipinski definition) is 0. The van der Waals surface area contributed by atoms with Gasteiger partial charge in [0.15, 0.2) is 6.29 Å². The van der Waals surface area contributed by atoms with Crippen LogP contribution in [0.25, 0.3) is 0 Å². The molecule has 76 valence electrons. The van der Waals surface area contributed by atoms with Crippen molar-refractivity contribution in [3.05, 3.63) is 35.9 Å². The lowest BCUT2D eigenvalue weighted by Crippen LogP contribution is -2.13. The Balaban J connectivity index is 2.18. The largest absolute Gasteiger partial charge is 0.438 e. The predicted molar refractivity (Wildman–Crippen MR) is 52.7 cm³/mol. The summed E-state index contributed by atoms with van der Waals surface area (Å²) in [5.41, 5.74) is 1.21. The Kier molecular flexibility index (Phi) is 4.72. The van der Waals surface area contributed by atoms with Crippen molar-refractivity contribution in [2.24, 2.45) is 0 Å². The molecule has 0 radical (unpaired) electrons. The Bertz CT molecular complexity index is 258. The highest BCUT2D eigenvalue weighted by Crippen LogP contribution is 2.01. The monoisotopic (exact) mass is 194 g/mol. The average Bonchev–Trinajstić information content (AvgIpc) is 2.20. The van der Waals surface area contributed by atoms with Crippen molar-refractivity contribution >= 4 is 6.47 Å². The fourth-order valence-electron chi connectivity index (χ4n) is 1.10. The van der Waals surface area contributed by atoms with Crippen molar-refractivity contribution in [2.75, 3.05) is 6.61 Å². The second kappa shape index (κ2) is 6.16. The molecule has 0 spiro atoms. The number of benzene rings is 1. The molecule has 3 nitrogen and oxygen atoms in total. The normalized spacial score (nSPS) is 12.1. The van der Waals surface area contributed by atoms with Gasteiger partial charge in [-0.3, -0.25) is 4.79 Å². The van der Waals surface area contributed by atoms with Crippen LogP contribution in [0.1, 0.15) is 12.5 Å². The summed E-state index contributed by atoms with van der Waals surface area (Å²) in [6.07, 6.45) is 0.365. The lowest BCUT2D eigenvalue weighted by atomic mass is 10.2. The van der Waals surface area contributed by atoms with Crippen LogP contribution in [0, 0.1) is 0 Å². The van der Waals surface area contributed by atoms with Gasteiger partial charge >= 0.3 is 0 Å². The summed E-state index contributed by atoms with van der Waals surface area (Å²) in [5.74, 6) is 0. The fourth-order valence-corrected chi connectivity index (χ4v) is 1.10. The molecule has 0 aliphatic heterocycles. The molecule has 0 aliphatic carbocycles. The standard InChI is InChI=1S/C11H14O3/c1-10(14-9-12)13-8-7-11-5-3-2-4-6-11/h2-6,9-10H,7-8H2,1H3. The van der Waals surface area contributed by atoms with E-state index in [1.807, 2.05) is 30.3 Å². The molecule has 0 N–H and O–H groups in total. The molecule has 0 fully saturated rings. The van der Waals surface area contributed by atoms with E-state index in [0.717, 1.165) is 6.42 Å². The van der Waals surface area contributed by atoms with E-state index in [0.29, 0.717) is 13.1 Å². The molecule has 0 amide bonds. The second-order valence-corrected chi connectivity index (χ2v) is 2.91. The molecule has 0 saturated heterocycles. The van der Waals surface area contributed by atoms with Crippen LogP contribution in [0.15, 0.2) is 30.3 Å². The van der Waals surface area contributed by atoms with E-state index in [9.17, 15) is 4.79 Å². The second-order valence-electron chi connectivity index (χ2n) is 2.91. The Morgan fingerprint density at radius 2 is 2.07 bits per heavy atom. The third kappa shape index (κ3) is 4.05. The van der Waals surface area contributed by atoms with Crippen LogP contribution in [0.3, 0.4) is 0 Å². The highest BCUT2D eigenvalue weighted by atomic mass is 16.7. The molecule has 0 heterocycles. The molecule has 14 heavy (non-hydrogen) atoms. The summed E-state index contributed by atoms with van der Waals surface area (Å²) in [6.45, 7) is 2.64. The fraction of sp³-hybridized carbons (Fsp3) is 0.364. The minimum absolute atomic E-state index is 0.396. The van der Waals surface area contributed by atoms with E-state index in [4.69, 9.17) is 4.74 Å². The molecule has 1 rings (SSSR count). The van der Waals surface area contributed by atoms with Crippen LogP contribution in [-0.4, -0.2) is 19.4 Å². The van der Waals surface area contributed by atoms with E-state index in [-0.39, 0.29) is 0 Å². The van der Waals surface area contributed by atoms with E-state index in [1.165, 1.54) is 5.56 Å². The molecule has 0 aromatic heterocycles. The number of carbonyl (C=O) groups excluding carboxylic acids is 1. The van der Waals surface area contributed by atoms with Gasteiger partial charge in [-0.15, -0.1) is 0 Å². The third-order valence-corrected chi connectivity index (χ3v) is 1.83. The highest BCUT2D eigenvalue weighted by molar-refractivity contribution is 5.37. The van der Waals surface area contributed by atoms with Crippen LogP contribution in [0.4, 0.5) is 0 Å². The van der Waals surface area contributed by atoms with Crippen LogP contribution in [0.2, 0.25) is 0 Å². The van der Waals surface area contributed by atoms with Gasteiger partial charge in [0.2, 0.25) is 0 Å². The molecule has 1 atom stereocenters. The first-order chi connectivity index (χ1) is 6.83. The van der Waals surface area contributed by atoms with Crippen LogP contribution < -0.4 is 0 Å². The highest BCUT2D eigenvalue weighted by Gasteiger charge is 2.00. The maximum atomic E-state index is 9.95. The number of ether oxygens (including phenoxy) is 2. The summed E-state index contributed by atoms with van der Waals surface area (Å²) in [6, 6.07) is 10.0. The summed E-state index contributed by atoms with van der Waals surface area (Å²) in [4.78, 5) is 9.95. The van der Waals surface area contributed by atoms with Gasteiger partial charge in [0.05, 0.1) is 6.61 Å². The van der Waals surface area contributed by atoms with E-state index < -0.39 is 6.29 Å². The van der Waals surface area contributed by atoms with Crippen molar-refractivity contribution < 1.29 is 14.3 Å². The minimum atomic E-state index is -0.462. The SMILES string of the molecule is CC(OC=O)OCCc1ccccc1. The van der Waals surface area contributed by atoms with Crippen LogP contribution in [-0.2, 0) is 20.7 Å². The zero-order chi connectivity index (χ0) is 10.2. The van der Waals surface area contributed by atoms with E-state index >= 15 is 0 Å². The average molecular weight is 194 g/mol. The topological polar surface area (TPSA) is 35.5 Å². The molecule has 1 unspecified atom stereocenters. The molecule has 0 aliphatic rings. The maximum Gasteiger partial charge on any atom is 0.295 e. The van der Waals surface area contributed by atoms with E-state index in [2.05, 4.69) is 4.74 Å². The molecule has 1 aromatic carbocycles. The molecule has 0 bridgehead atoms. The lowest BCUT2D eigenvalue weighted by Gasteiger charge is -2.10. The maximum absolute atomic E-state index is 9.95. The first-order valence-electron chi connectivity index (χ1n) is 4.57. The van der Waals surface area contributed by atoms with Gasteiger partial charge in [0.1, 0.15) is 0 Å². The summed E-state index contributed by atoms with van der Waals surface area (Å²) in [7, 11) is 0. The number of hydrogen-bond acceptors (Lipinski definition) is 3. The van der Waals surface area contributed by atoms with Gasteiger partial charge in [0.25, 0.3) is 6.47 Å². The summed E-state index contributed by atoms with van der Waals surface area (Å²) >= 11 is 0. The van der Waals surface area contributed by atoms with E-state index in [1.54, 1.807) is 6.92 Å².